The van der Waals surface area contributed by atoms with Crippen LogP contribution in [0.5, 0.6) is 5.75 Å². The smallest absolute Gasteiger partial charge is 0.264 e. The number of hydrogen-bond acceptors (Lipinski definition) is 10. The number of anilines is 1. The second-order valence-electron chi connectivity index (χ2n) is 9.24. The van der Waals surface area contributed by atoms with Crippen molar-refractivity contribution >= 4 is 43.4 Å². The summed E-state index contributed by atoms with van der Waals surface area (Å²) in [5.41, 5.74) is 1.23. The number of hydrogen-bond donors (Lipinski definition) is 1. The first kappa shape index (κ1) is 26.8. The summed E-state index contributed by atoms with van der Waals surface area (Å²) in [5, 5.41) is 3.89. The molecule has 35 heavy (non-hydrogen) atoms. The number of likely N-dealkylation sites (N-methyl/N-ethyl adjacent to an activating group) is 1. The highest BCUT2D eigenvalue weighted by Crippen LogP contribution is 2.36. The van der Waals surface area contributed by atoms with Gasteiger partial charge in [0.25, 0.3) is 10.1 Å². The Morgan fingerprint density at radius 2 is 1.91 bits per heavy atom. The number of aromatic nitrogens is 3. The number of aryl methyl sites for hydroxylation is 2. The van der Waals surface area contributed by atoms with E-state index in [1.54, 1.807) is 29.7 Å². The number of carbonyl (C=O) groups excluding carboxylic acids is 1. The number of fused-ring (bicyclic) bond motifs is 1. The van der Waals surface area contributed by atoms with Crippen molar-refractivity contribution in [1.82, 2.24) is 20.3 Å². The molecule has 0 unspecified atom stereocenters. The van der Waals surface area contributed by atoms with E-state index in [1.807, 2.05) is 46.6 Å². The van der Waals surface area contributed by atoms with Crippen molar-refractivity contribution < 1.29 is 22.1 Å². The fourth-order valence-electron chi connectivity index (χ4n) is 3.34. The lowest BCUT2D eigenvalue weighted by Gasteiger charge is -2.24. The molecule has 10 nitrogen and oxygen atoms in total. The summed E-state index contributed by atoms with van der Waals surface area (Å²) >= 11 is 1.56. The maximum atomic E-state index is 12.6. The molecule has 0 saturated heterocycles. The normalized spacial score (nSPS) is 12.1. The molecule has 0 aliphatic carbocycles. The zero-order valence-corrected chi connectivity index (χ0v) is 22.6. The SMILES string of the molecule is Cc1sc2nc(-c3cc(OCCOS(C)(=O)=O)ccn3)nc(N(C)CC(=O)NC(C)(C)C)c2c1C. The average molecular weight is 522 g/mol. The predicted octanol–water partition coefficient (Wildman–Crippen LogP) is 3.08. The van der Waals surface area contributed by atoms with Crippen molar-refractivity contribution in [3.63, 3.8) is 0 Å². The van der Waals surface area contributed by atoms with Gasteiger partial charge in [-0.3, -0.25) is 14.0 Å². The number of amides is 1. The van der Waals surface area contributed by atoms with E-state index in [9.17, 15) is 13.2 Å². The summed E-state index contributed by atoms with van der Waals surface area (Å²) in [7, 11) is -1.70. The topological polar surface area (TPSA) is 124 Å². The Kier molecular flexibility index (Phi) is 7.97. The lowest BCUT2D eigenvalue weighted by atomic mass is 10.1. The molecule has 3 heterocycles. The van der Waals surface area contributed by atoms with E-state index >= 15 is 0 Å². The van der Waals surface area contributed by atoms with Crippen LogP contribution in [0, 0.1) is 13.8 Å². The van der Waals surface area contributed by atoms with Crippen molar-refractivity contribution in [1.29, 1.82) is 0 Å². The van der Waals surface area contributed by atoms with Crippen molar-refractivity contribution in [2.24, 2.45) is 0 Å². The minimum absolute atomic E-state index is 0.0522. The van der Waals surface area contributed by atoms with E-state index in [4.69, 9.17) is 18.9 Å². The van der Waals surface area contributed by atoms with E-state index in [2.05, 4.69) is 10.3 Å². The molecular weight excluding hydrogens is 490 g/mol. The molecule has 3 rings (SSSR count). The molecule has 0 radical (unpaired) electrons. The molecule has 0 fully saturated rings. The zero-order valence-electron chi connectivity index (χ0n) is 21.0. The summed E-state index contributed by atoms with van der Waals surface area (Å²) < 4.78 is 32.5. The van der Waals surface area contributed by atoms with Gasteiger partial charge < -0.3 is 15.0 Å². The van der Waals surface area contributed by atoms with Crippen LogP contribution in [-0.4, -0.2) is 67.9 Å². The number of thiophene rings is 1. The molecule has 3 aromatic heterocycles. The van der Waals surface area contributed by atoms with Gasteiger partial charge in [-0.2, -0.15) is 8.42 Å². The van der Waals surface area contributed by atoms with Gasteiger partial charge in [0.1, 0.15) is 35.3 Å². The van der Waals surface area contributed by atoms with Gasteiger partial charge in [-0.15, -0.1) is 11.3 Å². The maximum Gasteiger partial charge on any atom is 0.264 e. The third-order valence-electron chi connectivity index (χ3n) is 4.88. The number of nitrogens with one attached hydrogen (secondary N) is 1. The number of carbonyl (C=O) groups is 1. The predicted molar refractivity (Wildman–Crippen MR) is 138 cm³/mol. The van der Waals surface area contributed by atoms with Gasteiger partial charge >= 0.3 is 0 Å². The van der Waals surface area contributed by atoms with Crippen molar-refractivity contribution in [2.75, 3.05) is 38.0 Å². The summed E-state index contributed by atoms with van der Waals surface area (Å²) in [6.45, 7) is 9.95. The quantitative estimate of drug-likeness (QED) is 0.334. The number of ether oxygens (including phenoxy) is 1. The van der Waals surface area contributed by atoms with Crippen LogP contribution in [0.15, 0.2) is 18.3 Å². The molecule has 0 aliphatic rings. The summed E-state index contributed by atoms with van der Waals surface area (Å²) in [5.74, 6) is 1.41. The Labute approximate surface area is 209 Å². The Hall–Kier alpha value is -2.83. The summed E-state index contributed by atoms with van der Waals surface area (Å²) in [6.07, 6.45) is 2.56. The van der Waals surface area contributed by atoms with Crippen LogP contribution in [0.4, 0.5) is 5.82 Å². The van der Waals surface area contributed by atoms with Crippen molar-refractivity contribution in [2.45, 2.75) is 40.2 Å². The largest absolute Gasteiger partial charge is 0.491 e. The minimum Gasteiger partial charge on any atom is -0.491 e. The Balaban J connectivity index is 1.92. The Morgan fingerprint density at radius 3 is 2.57 bits per heavy atom. The van der Waals surface area contributed by atoms with Gasteiger partial charge in [0.05, 0.1) is 18.2 Å². The van der Waals surface area contributed by atoms with Crippen LogP contribution in [0.2, 0.25) is 0 Å². The first-order chi connectivity index (χ1) is 16.2. The van der Waals surface area contributed by atoms with E-state index in [1.165, 1.54) is 0 Å². The zero-order chi connectivity index (χ0) is 26.0. The van der Waals surface area contributed by atoms with E-state index in [0.717, 1.165) is 26.9 Å². The molecule has 1 N–H and O–H groups in total. The van der Waals surface area contributed by atoms with Crippen LogP contribution >= 0.6 is 11.3 Å². The van der Waals surface area contributed by atoms with Gasteiger partial charge in [0.2, 0.25) is 5.91 Å². The molecule has 0 aliphatic heterocycles. The highest BCUT2D eigenvalue weighted by atomic mass is 32.2. The lowest BCUT2D eigenvalue weighted by Crippen LogP contribution is -2.45. The highest BCUT2D eigenvalue weighted by molar-refractivity contribution is 7.85. The van der Waals surface area contributed by atoms with Gasteiger partial charge in [-0.25, -0.2) is 9.97 Å². The fraction of sp³-hybridized carbons (Fsp3) is 0.478. The Morgan fingerprint density at radius 1 is 1.20 bits per heavy atom. The Bertz CT molecular complexity index is 1330. The number of nitrogens with zero attached hydrogens (tertiary/aromatic N) is 4. The standard InChI is InChI=1S/C23H31N5O5S2/c1-14-15(2)34-22-19(14)21(28(6)13-18(29)27-23(3,4)5)25-20(26-22)17-12-16(8-9-24-17)32-10-11-33-35(7,30)31/h8-9,12H,10-11,13H2,1-7H3,(H,27,29). The van der Waals surface area contributed by atoms with Crippen molar-refractivity contribution in [3.05, 3.63) is 28.8 Å². The van der Waals surface area contributed by atoms with Crippen LogP contribution in [0.25, 0.3) is 21.7 Å². The van der Waals surface area contributed by atoms with E-state index in [0.29, 0.717) is 23.1 Å². The molecule has 0 bridgehead atoms. The van der Waals surface area contributed by atoms with Crippen LogP contribution in [0.1, 0.15) is 31.2 Å². The number of rotatable bonds is 9. The minimum atomic E-state index is -3.53. The molecule has 1 amide bonds. The number of pyridine rings is 1. The molecular formula is C23H31N5O5S2. The average Bonchev–Trinajstić information content (AvgIpc) is 3.02. The maximum absolute atomic E-state index is 12.6. The second-order valence-corrected chi connectivity index (χ2v) is 12.1. The van der Waals surface area contributed by atoms with Gasteiger partial charge in [0.15, 0.2) is 5.82 Å². The highest BCUT2D eigenvalue weighted by Gasteiger charge is 2.21. The molecule has 3 aromatic rings. The lowest BCUT2D eigenvalue weighted by molar-refractivity contribution is -0.121. The molecule has 0 spiro atoms. The second kappa shape index (κ2) is 10.4. The third kappa shape index (κ3) is 7.33. The van der Waals surface area contributed by atoms with Crippen LogP contribution in [0.3, 0.4) is 0 Å². The van der Waals surface area contributed by atoms with E-state index < -0.39 is 10.1 Å². The molecule has 0 saturated carbocycles. The van der Waals surface area contributed by atoms with E-state index in [-0.39, 0.29) is 31.2 Å². The third-order valence-corrected chi connectivity index (χ3v) is 6.57. The van der Waals surface area contributed by atoms with Gasteiger partial charge in [-0.05, 0) is 46.2 Å². The molecule has 0 atom stereocenters. The molecule has 190 valence electrons. The molecule has 12 heteroatoms. The summed E-state index contributed by atoms with van der Waals surface area (Å²) in [4.78, 5) is 30.2. The van der Waals surface area contributed by atoms with Gasteiger partial charge in [-0.1, -0.05) is 0 Å². The first-order valence-electron chi connectivity index (χ1n) is 11.0. The monoisotopic (exact) mass is 521 g/mol. The molecule has 0 aromatic carbocycles. The summed E-state index contributed by atoms with van der Waals surface area (Å²) in [6, 6.07) is 3.34. The van der Waals surface area contributed by atoms with Crippen LogP contribution in [-0.2, 0) is 19.1 Å². The van der Waals surface area contributed by atoms with Crippen LogP contribution < -0.4 is 15.0 Å². The fourth-order valence-corrected chi connectivity index (χ4v) is 4.73. The van der Waals surface area contributed by atoms with Gasteiger partial charge in [0, 0.05) is 29.7 Å². The van der Waals surface area contributed by atoms with Crippen molar-refractivity contribution in [3.8, 4) is 17.3 Å². The first-order valence-corrected chi connectivity index (χ1v) is 13.6.